The zero-order valence-corrected chi connectivity index (χ0v) is 18.0. The summed E-state index contributed by atoms with van der Waals surface area (Å²) in [5, 5.41) is 3.40. The van der Waals surface area contributed by atoms with Crippen molar-refractivity contribution in [2.75, 3.05) is 11.9 Å². The summed E-state index contributed by atoms with van der Waals surface area (Å²) >= 11 is 0. The van der Waals surface area contributed by atoms with Crippen LogP contribution in [0.2, 0.25) is 0 Å². The lowest BCUT2D eigenvalue weighted by Crippen LogP contribution is -2.39. The van der Waals surface area contributed by atoms with Gasteiger partial charge in [0.05, 0.1) is 6.54 Å². The van der Waals surface area contributed by atoms with Crippen molar-refractivity contribution in [3.05, 3.63) is 65.5 Å². The van der Waals surface area contributed by atoms with E-state index in [9.17, 15) is 13.6 Å². The molecule has 5 nitrogen and oxygen atoms in total. The van der Waals surface area contributed by atoms with Crippen molar-refractivity contribution in [2.24, 2.45) is 5.92 Å². The normalized spacial score (nSPS) is 13.4. The predicted molar refractivity (Wildman–Crippen MR) is 117 cm³/mol. The number of hydrogen-bond acceptors (Lipinski definition) is 3. The molecular formula is C24H26F2N4O. The molecule has 4 rings (SSSR count). The van der Waals surface area contributed by atoms with Gasteiger partial charge in [0.1, 0.15) is 17.3 Å². The molecule has 1 amide bonds. The summed E-state index contributed by atoms with van der Waals surface area (Å²) in [6.45, 7) is 7.59. The second-order valence-electron chi connectivity index (χ2n) is 8.41. The summed E-state index contributed by atoms with van der Waals surface area (Å²) in [7, 11) is 0. The number of nitrogens with one attached hydrogen (secondary N) is 1. The number of carbonyl (C=O) groups is 1. The van der Waals surface area contributed by atoms with Crippen LogP contribution in [-0.4, -0.2) is 26.9 Å². The smallest absolute Gasteiger partial charge is 0.223 e. The lowest BCUT2D eigenvalue weighted by molar-refractivity contribution is -0.133. The molecule has 0 saturated carbocycles. The molecule has 0 atom stereocenters. The Morgan fingerprint density at radius 3 is 2.52 bits per heavy atom. The van der Waals surface area contributed by atoms with Gasteiger partial charge in [-0.1, -0.05) is 31.5 Å². The molecule has 31 heavy (non-hydrogen) atoms. The molecule has 0 bridgehead atoms. The number of imidazole rings is 1. The van der Waals surface area contributed by atoms with Gasteiger partial charge in [0.25, 0.3) is 0 Å². The molecular weight excluding hydrogens is 398 g/mol. The number of halogens is 2. The van der Waals surface area contributed by atoms with Crippen LogP contribution in [0.4, 0.5) is 20.3 Å². The Hall–Kier alpha value is -3.22. The average Bonchev–Trinajstić information content (AvgIpc) is 3.09. The van der Waals surface area contributed by atoms with E-state index in [0.29, 0.717) is 43.1 Å². The summed E-state index contributed by atoms with van der Waals surface area (Å²) in [6.07, 6.45) is 0.491. The molecule has 1 aliphatic heterocycles. The molecule has 1 N–H and O–H groups in total. The molecule has 0 spiro atoms. The molecule has 2 aromatic carbocycles. The van der Waals surface area contributed by atoms with E-state index in [2.05, 4.69) is 5.32 Å². The lowest BCUT2D eigenvalue weighted by Gasteiger charge is -2.29. The van der Waals surface area contributed by atoms with Crippen molar-refractivity contribution in [1.82, 2.24) is 14.5 Å². The second kappa shape index (κ2) is 8.49. The van der Waals surface area contributed by atoms with Crippen LogP contribution in [0.5, 0.6) is 0 Å². The van der Waals surface area contributed by atoms with E-state index < -0.39 is 11.6 Å². The van der Waals surface area contributed by atoms with Crippen molar-refractivity contribution >= 4 is 17.4 Å². The maximum Gasteiger partial charge on any atom is 0.223 e. The van der Waals surface area contributed by atoms with Gasteiger partial charge in [0.2, 0.25) is 5.91 Å². The van der Waals surface area contributed by atoms with Crippen molar-refractivity contribution in [1.29, 1.82) is 0 Å². The zero-order chi connectivity index (χ0) is 22.1. The summed E-state index contributed by atoms with van der Waals surface area (Å²) < 4.78 is 29.5. The van der Waals surface area contributed by atoms with Gasteiger partial charge in [-0.2, -0.15) is 0 Å². The third-order valence-corrected chi connectivity index (χ3v) is 5.42. The molecule has 0 aliphatic carbocycles. The molecule has 0 saturated heterocycles. The molecule has 3 aromatic rings. The minimum Gasteiger partial charge on any atom is -0.340 e. The van der Waals surface area contributed by atoms with E-state index in [-0.39, 0.29) is 11.8 Å². The summed E-state index contributed by atoms with van der Waals surface area (Å²) in [5.74, 6) is 0.000554. The fourth-order valence-electron chi connectivity index (χ4n) is 3.77. The third kappa shape index (κ3) is 4.45. The van der Waals surface area contributed by atoms with Crippen LogP contribution in [0.25, 0.3) is 11.3 Å². The first-order valence-electron chi connectivity index (χ1n) is 10.5. The molecule has 1 aliphatic rings. The Kier molecular flexibility index (Phi) is 5.76. The molecule has 1 aromatic heterocycles. The number of carbonyl (C=O) groups excluding carboxylic acids is 1. The van der Waals surface area contributed by atoms with E-state index in [0.717, 1.165) is 29.2 Å². The van der Waals surface area contributed by atoms with Crippen LogP contribution >= 0.6 is 0 Å². The molecule has 0 fully saturated rings. The number of amides is 1. The lowest BCUT2D eigenvalue weighted by atomic mass is 10.1. The highest BCUT2D eigenvalue weighted by Crippen LogP contribution is 2.34. The number of benzene rings is 2. The van der Waals surface area contributed by atoms with Crippen LogP contribution in [-0.2, 0) is 17.9 Å². The Balaban J connectivity index is 1.73. The highest BCUT2D eigenvalue weighted by atomic mass is 19.2. The Morgan fingerprint density at radius 2 is 1.84 bits per heavy atom. The minimum absolute atomic E-state index is 0.103. The molecule has 0 unspecified atom stereocenters. The first kappa shape index (κ1) is 21.0. The van der Waals surface area contributed by atoms with Crippen molar-refractivity contribution in [3.8, 4) is 11.3 Å². The number of nitrogens with zero attached hydrogens (tertiary/aromatic N) is 3. The zero-order valence-electron chi connectivity index (χ0n) is 18.0. The van der Waals surface area contributed by atoms with E-state index in [4.69, 9.17) is 4.98 Å². The summed E-state index contributed by atoms with van der Waals surface area (Å²) in [4.78, 5) is 19.1. The van der Waals surface area contributed by atoms with Crippen LogP contribution in [0.1, 0.15) is 31.7 Å². The van der Waals surface area contributed by atoms with E-state index >= 15 is 0 Å². The van der Waals surface area contributed by atoms with Gasteiger partial charge >= 0.3 is 0 Å². The van der Waals surface area contributed by atoms with Crippen LogP contribution in [0.15, 0.2) is 42.5 Å². The van der Waals surface area contributed by atoms with Gasteiger partial charge in [-0.15, -0.1) is 0 Å². The fraction of sp³-hybridized carbons (Fsp3) is 0.333. The molecule has 7 heteroatoms. The van der Waals surface area contributed by atoms with Crippen molar-refractivity contribution < 1.29 is 13.6 Å². The SMILES string of the molecule is Cc1ccc(Nc2c(-c3ccc(F)c(F)c3)nc3n2CCN(C(=O)CC(C)C)C3)cc1. The maximum absolute atomic E-state index is 14.0. The molecule has 2 heterocycles. The van der Waals surface area contributed by atoms with Gasteiger partial charge in [-0.05, 0) is 43.2 Å². The van der Waals surface area contributed by atoms with Gasteiger partial charge in [-0.25, -0.2) is 13.8 Å². The number of aromatic nitrogens is 2. The van der Waals surface area contributed by atoms with Gasteiger partial charge < -0.3 is 14.8 Å². The summed E-state index contributed by atoms with van der Waals surface area (Å²) in [5.41, 5.74) is 3.03. The number of aryl methyl sites for hydroxylation is 1. The van der Waals surface area contributed by atoms with Crippen molar-refractivity contribution in [3.63, 3.8) is 0 Å². The van der Waals surface area contributed by atoms with E-state index in [1.807, 2.05) is 54.5 Å². The summed E-state index contributed by atoms with van der Waals surface area (Å²) in [6, 6.07) is 11.7. The first-order chi connectivity index (χ1) is 14.8. The Labute approximate surface area is 180 Å². The van der Waals surface area contributed by atoms with Crippen molar-refractivity contribution in [2.45, 2.75) is 40.3 Å². The maximum atomic E-state index is 14.0. The third-order valence-electron chi connectivity index (χ3n) is 5.42. The predicted octanol–water partition coefficient (Wildman–Crippen LogP) is 5.27. The topological polar surface area (TPSA) is 50.2 Å². The molecule has 162 valence electrons. The quantitative estimate of drug-likeness (QED) is 0.607. The molecule has 0 radical (unpaired) electrons. The van der Waals surface area contributed by atoms with Gasteiger partial charge in [-0.3, -0.25) is 4.79 Å². The van der Waals surface area contributed by atoms with E-state index in [1.54, 1.807) is 0 Å². The second-order valence-corrected chi connectivity index (χ2v) is 8.41. The first-order valence-corrected chi connectivity index (χ1v) is 10.5. The van der Waals surface area contributed by atoms with Crippen LogP contribution < -0.4 is 5.32 Å². The number of rotatable bonds is 5. The number of fused-ring (bicyclic) bond motifs is 1. The van der Waals surface area contributed by atoms with Gasteiger partial charge in [0.15, 0.2) is 11.6 Å². The monoisotopic (exact) mass is 424 g/mol. The Bertz CT molecular complexity index is 1110. The fourth-order valence-corrected chi connectivity index (χ4v) is 3.77. The standard InChI is InChI=1S/C24H26F2N4O/c1-15(2)12-22(31)29-10-11-30-21(14-29)28-23(17-6-9-19(25)20(26)13-17)24(30)27-18-7-4-16(3)5-8-18/h4-9,13,15,27H,10-12,14H2,1-3H3. The highest BCUT2D eigenvalue weighted by Gasteiger charge is 2.27. The van der Waals surface area contributed by atoms with Crippen LogP contribution in [0.3, 0.4) is 0 Å². The van der Waals surface area contributed by atoms with E-state index in [1.165, 1.54) is 6.07 Å². The minimum atomic E-state index is -0.918. The van der Waals surface area contributed by atoms with Crippen LogP contribution in [0, 0.1) is 24.5 Å². The number of anilines is 2. The average molecular weight is 424 g/mol. The Morgan fingerprint density at radius 1 is 1.10 bits per heavy atom. The number of hydrogen-bond donors (Lipinski definition) is 1. The highest BCUT2D eigenvalue weighted by molar-refractivity contribution is 5.78. The largest absolute Gasteiger partial charge is 0.340 e. The van der Waals surface area contributed by atoms with Gasteiger partial charge in [0, 0.05) is 30.8 Å².